The van der Waals surface area contributed by atoms with Crippen molar-refractivity contribution >= 4 is 55.3 Å². The number of thiazole rings is 1. The van der Waals surface area contributed by atoms with Crippen LogP contribution < -0.4 is 5.32 Å². The molecule has 21 heavy (non-hydrogen) atoms. The largest absolute Gasteiger partial charge is 0.301 e. The second-order valence-corrected chi connectivity index (χ2v) is 9.01. The number of amides is 1. The molecular formula is C11H12ClN3O3S3. The van der Waals surface area contributed by atoms with Crippen LogP contribution in [0.15, 0.2) is 21.7 Å². The minimum absolute atomic E-state index is 0.105. The summed E-state index contributed by atoms with van der Waals surface area (Å²) in [5.74, 6) is -0.446. The number of likely N-dealkylation sites (N-methyl/N-ethyl adjacent to an activating group) is 1. The van der Waals surface area contributed by atoms with Crippen LogP contribution >= 0.6 is 34.3 Å². The van der Waals surface area contributed by atoms with E-state index in [2.05, 4.69) is 10.3 Å². The summed E-state index contributed by atoms with van der Waals surface area (Å²) in [7, 11) is -2.37. The fraction of sp³-hybridized carbons (Fsp3) is 0.273. The molecule has 2 aromatic heterocycles. The van der Waals surface area contributed by atoms with E-state index in [0.29, 0.717) is 9.47 Å². The average molecular weight is 366 g/mol. The Balaban J connectivity index is 2.03. The molecule has 2 rings (SSSR count). The predicted octanol–water partition coefficient (Wildman–Crippen LogP) is 2.43. The molecule has 1 amide bonds. The molecule has 2 aromatic rings. The van der Waals surface area contributed by atoms with Crippen molar-refractivity contribution in [3.8, 4) is 0 Å². The first-order chi connectivity index (χ1) is 9.79. The molecule has 1 N–H and O–H groups in total. The second kappa shape index (κ2) is 6.41. The van der Waals surface area contributed by atoms with Crippen molar-refractivity contribution in [3.05, 3.63) is 27.5 Å². The van der Waals surface area contributed by atoms with Gasteiger partial charge in [0.25, 0.3) is 10.0 Å². The highest BCUT2D eigenvalue weighted by Gasteiger charge is 2.24. The summed E-state index contributed by atoms with van der Waals surface area (Å²) >= 11 is 7.97. The molecule has 0 aliphatic rings. The molecule has 0 fully saturated rings. The summed E-state index contributed by atoms with van der Waals surface area (Å²) in [6.07, 6.45) is 0. The van der Waals surface area contributed by atoms with E-state index in [1.807, 2.05) is 6.92 Å². The van der Waals surface area contributed by atoms with Crippen LogP contribution in [0, 0.1) is 6.92 Å². The minimum Gasteiger partial charge on any atom is -0.301 e. The van der Waals surface area contributed by atoms with Gasteiger partial charge in [0.15, 0.2) is 5.13 Å². The second-order valence-electron chi connectivity index (χ2n) is 4.16. The zero-order chi connectivity index (χ0) is 15.6. The number of aromatic nitrogens is 1. The molecule has 0 aromatic carbocycles. The predicted molar refractivity (Wildman–Crippen MR) is 84.6 cm³/mol. The van der Waals surface area contributed by atoms with Crippen LogP contribution in [0.4, 0.5) is 5.13 Å². The maximum atomic E-state index is 12.2. The van der Waals surface area contributed by atoms with E-state index in [-0.39, 0.29) is 10.8 Å². The summed E-state index contributed by atoms with van der Waals surface area (Å²) in [5, 5.41) is 4.80. The van der Waals surface area contributed by atoms with Crippen molar-refractivity contribution in [1.82, 2.24) is 9.29 Å². The highest BCUT2D eigenvalue weighted by Crippen LogP contribution is 2.27. The van der Waals surface area contributed by atoms with Crippen molar-refractivity contribution in [1.29, 1.82) is 0 Å². The van der Waals surface area contributed by atoms with E-state index < -0.39 is 15.9 Å². The monoisotopic (exact) mass is 365 g/mol. The number of thiophene rings is 1. The topological polar surface area (TPSA) is 79.4 Å². The number of halogens is 1. The lowest BCUT2D eigenvalue weighted by Gasteiger charge is -2.14. The van der Waals surface area contributed by atoms with Crippen molar-refractivity contribution < 1.29 is 13.2 Å². The Bertz CT molecular complexity index is 754. The Kier molecular flexibility index (Phi) is 4.99. The summed E-state index contributed by atoms with van der Waals surface area (Å²) in [5.41, 5.74) is 0.796. The van der Waals surface area contributed by atoms with Gasteiger partial charge in [0.2, 0.25) is 5.91 Å². The first-order valence-corrected chi connectivity index (χ1v) is 9.24. The van der Waals surface area contributed by atoms with E-state index in [0.717, 1.165) is 21.3 Å². The molecule has 10 heteroatoms. The van der Waals surface area contributed by atoms with Crippen LogP contribution in [0.3, 0.4) is 0 Å². The molecule has 0 aliphatic heterocycles. The molecule has 0 aliphatic carbocycles. The standard InChI is InChI=1S/C11H12ClN3O3S3/c1-7-6-19-11(13-7)14-9(16)5-15(2)21(17,18)10-4-3-8(12)20-10/h3-4,6H,5H2,1-2H3,(H,13,14,16). The smallest absolute Gasteiger partial charge is 0.252 e. The Labute approximate surface area is 135 Å². The van der Waals surface area contributed by atoms with Crippen LogP contribution in [0.25, 0.3) is 0 Å². The molecule has 0 unspecified atom stereocenters. The molecule has 0 saturated carbocycles. The third kappa shape index (κ3) is 4.01. The van der Waals surface area contributed by atoms with Crippen LogP contribution in [0.2, 0.25) is 4.34 Å². The van der Waals surface area contributed by atoms with Gasteiger partial charge in [-0.2, -0.15) is 4.31 Å². The molecule has 0 bridgehead atoms. The Morgan fingerprint density at radius 2 is 2.19 bits per heavy atom. The minimum atomic E-state index is -3.71. The molecule has 0 radical (unpaired) electrons. The molecular weight excluding hydrogens is 354 g/mol. The van der Waals surface area contributed by atoms with Gasteiger partial charge >= 0.3 is 0 Å². The first-order valence-electron chi connectivity index (χ1n) is 5.72. The summed E-state index contributed by atoms with van der Waals surface area (Å²) in [6, 6.07) is 2.92. The van der Waals surface area contributed by atoms with Crippen LogP contribution in [-0.4, -0.2) is 37.2 Å². The summed E-state index contributed by atoms with van der Waals surface area (Å²) in [4.78, 5) is 15.9. The number of aryl methyl sites for hydroxylation is 1. The van der Waals surface area contributed by atoms with Gasteiger partial charge in [-0.15, -0.1) is 22.7 Å². The third-order valence-electron chi connectivity index (χ3n) is 2.44. The number of nitrogens with zero attached hydrogens (tertiary/aromatic N) is 2. The average Bonchev–Trinajstić information content (AvgIpc) is 2.98. The van der Waals surface area contributed by atoms with Crippen molar-refractivity contribution in [2.75, 3.05) is 18.9 Å². The lowest BCUT2D eigenvalue weighted by atomic mass is 10.6. The van der Waals surface area contributed by atoms with Gasteiger partial charge in [0, 0.05) is 12.4 Å². The van der Waals surface area contributed by atoms with E-state index in [1.54, 1.807) is 5.38 Å². The third-order valence-corrected chi connectivity index (χ3v) is 6.82. The fourth-order valence-corrected chi connectivity index (χ4v) is 4.97. The van der Waals surface area contributed by atoms with E-state index in [9.17, 15) is 13.2 Å². The van der Waals surface area contributed by atoms with Gasteiger partial charge in [0.1, 0.15) is 4.21 Å². The Morgan fingerprint density at radius 1 is 1.48 bits per heavy atom. The van der Waals surface area contributed by atoms with Gasteiger partial charge in [-0.25, -0.2) is 13.4 Å². The molecule has 6 nitrogen and oxygen atoms in total. The normalized spacial score (nSPS) is 11.8. The van der Waals surface area contributed by atoms with Crippen LogP contribution in [0.5, 0.6) is 0 Å². The lowest BCUT2D eigenvalue weighted by Crippen LogP contribution is -2.34. The number of carbonyl (C=O) groups is 1. The van der Waals surface area contributed by atoms with Gasteiger partial charge in [-0.3, -0.25) is 4.79 Å². The molecule has 0 spiro atoms. The zero-order valence-electron chi connectivity index (χ0n) is 11.2. The molecule has 0 saturated heterocycles. The quantitative estimate of drug-likeness (QED) is 0.882. The number of hydrogen-bond acceptors (Lipinski definition) is 6. The number of carbonyl (C=O) groups excluding carboxylic acids is 1. The number of sulfonamides is 1. The number of hydrogen-bond donors (Lipinski definition) is 1. The van der Waals surface area contributed by atoms with Gasteiger partial charge in [-0.05, 0) is 19.1 Å². The van der Waals surface area contributed by atoms with Crippen molar-refractivity contribution in [2.24, 2.45) is 0 Å². The van der Waals surface area contributed by atoms with Gasteiger partial charge in [0.05, 0.1) is 16.6 Å². The summed E-state index contributed by atoms with van der Waals surface area (Å²) < 4.78 is 25.9. The molecule has 0 atom stereocenters. The SMILES string of the molecule is Cc1csc(NC(=O)CN(C)S(=O)(=O)c2ccc(Cl)s2)n1. The van der Waals surface area contributed by atoms with Crippen molar-refractivity contribution in [2.45, 2.75) is 11.1 Å². The Morgan fingerprint density at radius 3 is 2.71 bits per heavy atom. The maximum Gasteiger partial charge on any atom is 0.252 e. The fourth-order valence-electron chi connectivity index (χ4n) is 1.45. The number of anilines is 1. The van der Waals surface area contributed by atoms with E-state index in [4.69, 9.17) is 11.6 Å². The zero-order valence-corrected chi connectivity index (χ0v) is 14.4. The van der Waals surface area contributed by atoms with E-state index >= 15 is 0 Å². The van der Waals surface area contributed by atoms with Crippen LogP contribution in [0.1, 0.15) is 5.69 Å². The molecule has 2 heterocycles. The van der Waals surface area contributed by atoms with Crippen LogP contribution in [-0.2, 0) is 14.8 Å². The first kappa shape index (κ1) is 16.4. The highest BCUT2D eigenvalue weighted by molar-refractivity contribution is 7.91. The van der Waals surface area contributed by atoms with Crippen molar-refractivity contribution in [3.63, 3.8) is 0 Å². The Hall–Kier alpha value is -1.00. The number of rotatable bonds is 5. The summed E-state index contributed by atoms with van der Waals surface area (Å²) in [6.45, 7) is 1.51. The van der Waals surface area contributed by atoms with E-state index in [1.165, 1.54) is 30.5 Å². The maximum absolute atomic E-state index is 12.2. The molecule has 114 valence electrons. The number of nitrogens with one attached hydrogen (secondary N) is 1. The highest BCUT2D eigenvalue weighted by atomic mass is 35.5. The van der Waals surface area contributed by atoms with Gasteiger partial charge < -0.3 is 5.32 Å². The lowest BCUT2D eigenvalue weighted by molar-refractivity contribution is -0.116. The van der Waals surface area contributed by atoms with Gasteiger partial charge in [-0.1, -0.05) is 11.6 Å².